The number of hydrogen-bond donors (Lipinski definition) is 0. The van der Waals surface area contributed by atoms with Crippen LogP contribution in [-0.4, -0.2) is 6.29 Å². The molecule has 0 amide bonds. The fourth-order valence-corrected chi connectivity index (χ4v) is 8.51. The van der Waals surface area contributed by atoms with Crippen LogP contribution < -0.4 is 0 Å². The van der Waals surface area contributed by atoms with E-state index in [0.29, 0.717) is 23.7 Å². The average Bonchev–Trinajstić information content (AvgIpc) is 3.24. The molecule has 35 heavy (non-hydrogen) atoms. The van der Waals surface area contributed by atoms with Gasteiger partial charge in [-0.3, -0.25) is 4.79 Å². The third-order valence-corrected chi connectivity index (χ3v) is 9.82. The maximum Gasteiger partial charge on any atom is 0.150 e. The fraction of sp³-hybridized carbons (Fsp3) is 0.424. The van der Waals surface area contributed by atoms with E-state index in [1.807, 2.05) is 6.07 Å². The van der Waals surface area contributed by atoms with Gasteiger partial charge in [0.2, 0.25) is 0 Å². The summed E-state index contributed by atoms with van der Waals surface area (Å²) in [4.78, 5) is 11.8. The minimum absolute atomic E-state index is 0.0483. The molecule has 0 saturated carbocycles. The van der Waals surface area contributed by atoms with Crippen molar-refractivity contribution in [1.29, 1.82) is 0 Å². The van der Waals surface area contributed by atoms with Crippen LogP contribution in [-0.2, 0) is 10.8 Å². The molecule has 1 nitrogen and oxygen atoms in total. The molecule has 2 aliphatic carbocycles. The van der Waals surface area contributed by atoms with E-state index < -0.39 is 0 Å². The van der Waals surface area contributed by atoms with Crippen molar-refractivity contribution in [3.05, 3.63) is 80.8 Å². The summed E-state index contributed by atoms with van der Waals surface area (Å²) in [5, 5.41) is 0. The van der Waals surface area contributed by atoms with Crippen molar-refractivity contribution in [2.45, 2.75) is 66.2 Å². The Labute approximate surface area is 219 Å². The first kappa shape index (κ1) is 24.5. The monoisotopic (exact) mass is 528 g/mol. The van der Waals surface area contributed by atoms with Gasteiger partial charge in [0.15, 0.2) is 0 Å². The van der Waals surface area contributed by atoms with E-state index in [0.717, 1.165) is 16.3 Å². The van der Waals surface area contributed by atoms with Crippen molar-refractivity contribution in [2.75, 3.05) is 0 Å². The zero-order chi connectivity index (χ0) is 25.4. The van der Waals surface area contributed by atoms with Crippen molar-refractivity contribution in [2.24, 2.45) is 23.7 Å². The molecule has 0 radical (unpaired) electrons. The van der Waals surface area contributed by atoms with Crippen molar-refractivity contribution in [3.8, 4) is 22.3 Å². The third-order valence-electron chi connectivity index (χ3n) is 9.32. The van der Waals surface area contributed by atoms with Crippen LogP contribution in [0.4, 0.5) is 0 Å². The van der Waals surface area contributed by atoms with Crippen LogP contribution in [0.15, 0.2) is 53.0 Å². The van der Waals surface area contributed by atoms with Gasteiger partial charge in [0.05, 0.1) is 0 Å². The molecule has 182 valence electrons. The topological polar surface area (TPSA) is 17.1 Å². The highest BCUT2D eigenvalue weighted by Gasteiger charge is 2.52. The second kappa shape index (κ2) is 8.17. The highest BCUT2D eigenvalue weighted by Crippen LogP contribution is 2.63. The number of fused-ring (bicyclic) bond motifs is 6. The van der Waals surface area contributed by atoms with Crippen LogP contribution in [0.1, 0.15) is 88.0 Å². The van der Waals surface area contributed by atoms with Crippen molar-refractivity contribution in [1.82, 2.24) is 0 Å². The zero-order valence-electron chi connectivity index (χ0n) is 22.3. The molecule has 0 N–H and O–H groups in total. The Morgan fingerprint density at radius 3 is 1.40 bits per heavy atom. The van der Waals surface area contributed by atoms with Gasteiger partial charge in [-0.25, -0.2) is 0 Å². The first-order chi connectivity index (χ1) is 16.5. The lowest BCUT2D eigenvalue weighted by molar-refractivity contribution is 0.112. The maximum absolute atomic E-state index is 11.8. The zero-order valence-corrected chi connectivity index (χ0v) is 23.9. The SMILES string of the molecule is CC(C)C1(C(C)C)c2cc(Br)ccc2-c2cc3c(cc21)-c1ccc(C=O)cc1C3(C(C)C)C(C)C. The summed E-state index contributed by atoms with van der Waals surface area (Å²) in [7, 11) is 0. The summed E-state index contributed by atoms with van der Waals surface area (Å²) in [6, 6.07) is 18.3. The van der Waals surface area contributed by atoms with Gasteiger partial charge in [-0.1, -0.05) is 89.5 Å². The fourth-order valence-electron chi connectivity index (χ4n) is 8.15. The van der Waals surface area contributed by atoms with Crippen molar-refractivity contribution >= 4 is 22.2 Å². The van der Waals surface area contributed by atoms with E-state index >= 15 is 0 Å². The summed E-state index contributed by atoms with van der Waals surface area (Å²) >= 11 is 3.78. The van der Waals surface area contributed by atoms with E-state index in [2.05, 4.69) is 114 Å². The van der Waals surface area contributed by atoms with Crippen LogP contribution in [0.5, 0.6) is 0 Å². The number of hydrogen-bond acceptors (Lipinski definition) is 1. The summed E-state index contributed by atoms with van der Waals surface area (Å²) in [5.74, 6) is 1.70. The molecule has 3 aromatic rings. The van der Waals surface area contributed by atoms with Gasteiger partial charge in [0.1, 0.15) is 6.29 Å². The minimum Gasteiger partial charge on any atom is -0.298 e. The van der Waals surface area contributed by atoms with Gasteiger partial charge in [0.25, 0.3) is 0 Å². The number of carbonyl (C=O) groups excluding carboxylic acids is 1. The predicted octanol–water partition coefficient (Wildman–Crippen LogP) is 9.42. The first-order valence-corrected chi connectivity index (χ1v) is 13.9. The van der Waals surface area contributed by atoms with Gasteiger partial charge < -0.3 is 0 Å². The summed E-state index contributed by atoms with van der Waals surface area (Å²) in [5.41, 5.74) is 11.7. The maximum atomic E-state index is 11.8. The molecule has 0 unspecified atom stereocenters. The normalized spacial score (nSPS) is 16.6. The second-order valence-corrected chi connectivity index (χ2v) is 12.8. The van der Waals surface area contributed by atoms with Crippen LogP contribution >= 0.6 is 15.9 Å². The predicted molar refractivity (Wildman–Crippen MR) is 151 cm³/mol. The molecule has 0 spiro atoms. The van der Waals surface area contributed by atoms with E-state index in [-0.39, 0.29) is 10.8 Å². The lowest BCUT2D eigenvalue weighted by Gasteiger charge is -2.42. The summed E-state index contributed by atoms with van der Waals surface area (Å²) in [6.45, 7) is 18.9. The smallest absolute Gasteiger partial charge is 0.150 e. The Bertz CT molecular complexity index is 1330. The van der Waals surface area contributed by atoms with Gasteiger partial charge in [-0.05, 0) is 98.5 Å². The van der Waals surface area contributed by atoms with Crippen LogP contribution in [0.3, 0.4) is 0 Å². The molecule has 0 atom stereocenters. The number of benzene rings is 3. The lowest BCUT2D eigenvalue weighted by atomic mass is 9.61. The molecule has 0 aliphatic heterocycles. The highest BCUT2D eigenvalue weighted by atomic mass is 79.9. The van der Waals surface area contributed by atoms with Gasteiger partial charge in [0, 0.05) is 20.9 Å². The quantitative estimate of drug-likeness (QED) is 0.301. The van der Waals surface area contributed by atoms with Gasteiger partial charge in [-0.15, -0.1) is 0 Å². The molecule has 0 heterocycles. The molecule has 2 heteroatoms. The van der Waals surface area contributed by atoms with Crippen LogP contribution in [0, 0.1) is 23.7 Å². The largest absolute Gasteiger partial charge is 0.298 e. The minimum atomic E-state index is -0.130. The molecule has 5 rings (SSSR count). The second-order valence-electron chi connectivity index (χ2n) is 11.9. The molecule has 3 aromatic carbocycles. The molecular weight excluding hydrogens is 492 g/mol. The van der Waals surface area contributed by atoms with E-state index in [1.54, 1.807) is 0 Å². The molecular formula is C33H37BrO. The van der Waals surface area contributed by atoms with Crippen LogP contribution in [0.25, 0.3) is 22.3 Å². The average molecular weight is 530 g/mol. The van der Waals surface area contributed by atoms with Gasteiger partial charge >= 0.3 is 0 Å². The standard InChI is InChI=1S/C33H37BrO/c1-18(2)32(19(3)4)28-13-22(17-35)9-11-24(28)26-15-31-27(16-30(26)32)25-12-10-23(34)14-29(25)33(31,20(5)6)21(7)8/h9-21H,1-8H3. The first-order valence-electron chi connectivity index (χ1n) is 13.1. The van der Waals surface area contributed by atoms with E-state index in [4.69, 9.17) is 0 Å². The Morgan fingerprint density at radius 1 is 0.571 bits per heavy atom. The summed E-state index contributed by atoms with van der Waals surface area (Å²) in [6.07, 6.45) is 0.991. The number of aldehydes is 1. The molecule has 0 bridgehead atoms. The number of rotatable bonds is 5. The molecule has 0 aromatic heterocycles. The number of carbonyl (C=O) groups is 1. The van der Waals surface area contributed by atoms with Gasteiger partial charge in [-0.2, -0.15) is 0 Å². The van der Waals surface area contributed by atoms with Crippen molar-refractivity contribution in [3.63, 3.8) is 0 Å². The Kier molecular flexibility index (Phi) is 5.72. The Morgan fingerprint density at radius 2 is 0.971 bits per heavy atom. The van der Waals surface area contributed by atoms with E-state index in [1.165, 1.54) is 44.5 Å². The Hall–Kier alpha value is -2.19. The third kappa shape index (κ3) is 2.95. The highest BCUT2D eigenvalue weighted by molar-refractivity contribution is 9.10. The van der Waals surface area contributed by atoms with Crippen LogP contribution in [0.2, 0.25) is 0 Å². The van der Waals surface area contributed by atoms with Crippen molar-refractivity contribution < 1.29 is 4.79 Å². The summed E-state index contributed by atoms with van der Waals surface area (Å²) < 4.78 is 1.15. The Balaban J connectivity index is 1.94. The molecule has 0 saturated heterocycles. The lowest BCUT2D eigenvalue weighted by Crippen LogP contribution is -2.38. The van der Waals surface area contributed by atoms with E-state index in [9.17, 15) is 4.79 Å². The molecule has 2 aliphatic rings. The molecule has 0 fully saturated rings. The number of halogens is 1.